The highest BCUT2D eigenvalue weighted by Crippen LogP contribution is 2.30. The van der Waals surface area contributed by atoms with Gasteiger partial charge in [-0.25, -0.2) is 4.79 Å². The highest BCUT2D eigenvalue weighted by atomic mass is 16.5. The van der Waals surface area contributed by atoms with Crippen LogP contribution in [0.2, 0.25) is 0 Å². The zero-order valence-corrected chi connectivity index (χ0v) is 12.0. The number of ether oxygens (including phenoxy) is 1. The average molecular weight is 274 g/mol. The largest absolute Gasteiger partial charge is 0.381 e. The number of nitrogens with one attached hydrogen (secondary N) is 1. The molecule has 0 aromatic heterocycles. The summed E-state index contributed by atoms with van der Waals surface area (Å²) in [4.78, 5) is 14.3. The average Bonchev–Trinajstić information content (AvgIpc) is 3.11. The molecule has 0 saturated carbocycles. The number of urea groups is 1. The van der Waals surface area contributed by atoms with E-state index in [1.54, 1.807) is 0 Å². The Kier molecular flexibility index (Phi) is 3.92. The first-order valence-electron chi connectivity index (χ1n) is 7.43. The van der Waals surface area contributed by atoms with Gasteiger partial charge >= 0.3 is 6.03 Å². The van der Waals surface area contributed by atoms with Crippen LogP contribution in [0, 0.1) is 18.8 Å². The van der Waals surface area contributed by atoms with E-state index < -0.39 is 0 Å². The molecular weight excluding hydrogens is 252 g/mol. The van der Waals surface area contributed by atoms with Gasteiger partial charge in [0.2, 0.25) is 0 Å². The summed E-state index contributed by atoms with van der Waals surface area (Å²) in [6.45, 7) is 5.50. The third-order valence-electron chi connectivity index (χ3n) is 4.53. The molecule has 108 valence electrons. The second-order valence-corrected chi connectivity index (χ2v) is 5.86. The van der Waals surface area contributed by atoms with E-state index in [0.717, 1.165) is 50.4 Å². The van der Waals surface area contributed by atoms with Gasteiger partial charge in [0.1, 0.15) is 0 Å². The van der Waals surface area contributed by atoms with Crippen LogP contribution in [0.3, 0.4) is 0 Å². The Labute approximate surface area is 120 Å². The van der Waals surface area contributed by atoms with Crippen molar-refractivity contribution in [2.75, 3.05) is 31.6 Å². The van der Waals surface area contributed by atoms with E-state index in [2.05, 4.69) is 5.32 Å². The number of aryl methyl sites for hydroxylation is 1. The lowest BCUT2D eigenvalue weighted by atomic mass is 9.91. The van der Waals surface area contributed by atoms with Crippen LogP contribution in [0.15, 0.2) is 24.3 Å². The Bertz CT molecular complexity index is 483. The lowest BCUT2D eigenvalue weighted by Crippen LogP contribution is -2.34. The molecule has 2 aliphatic heterocycles. The Morgan fingerprint density at radius 3 is 2.90 bits per heavy atom. The molecule has 2 aliphatic rings. The third kappa shape index (κ3) is 2.80. The summed E-state index contributed by atoms with van der Waals surface area (Å²) < 4.78 is 5.46. The molecule has 20 heavy (non-hydrogen) atoms. The van der Waals surface area contributed by atoms with Crippen molar-refractivity contribution in [2.45, 2.75) is 19.8 Å². The van der Waals surface area contributed by atoms with Crippen LogP contribution in [0.25, 0.3) is 0 Å². The molecule has 3 rings (SSSR count). The molecular formula is C16H22N2O2. The molecule has 0 radical (unpaired) electrons. The molecule has 2 atom stereocenters. The van der Waals surface area contributed by atoms with E-state index in [4.69, 9.17) is 4.74 Å². The van der Waals surface area contributed by atoms with Crippen molar-refractivity contribution < 1.29 is 9.53 Å². The summed E-state index contributed by atoms with van der Waals surface area (Å²) in [5.74, 6) is 1.26. The van der Waals surface area contributed by atoms with E-state index in [0.29, 0.717) is 11.8 Å². The smallest absolute Gasteiger partial charge is 0.321 e. The van der Waals surface area contributed by atoms with Crippen LogP contribution >= 0.6 is 0 Å². The molecule has 2 heterocycles. The fraction of sp³-hybridized carbons (Fsp3) is 0.562. The Morgan fingerprint density at radius 1 is 1.30 bits per heavy atom. The van der Waals surface area contributed by atoms with Crippen molar-refractivity contribution >= 4 is 11.7 Å². The van der Waals surface area contributed by atoms with Gasteiger partial charge in [-0.3, -0.25) is 0 Å². The molecule has 0 spiro atoms. The fourth-order valence-corrected chi connectivity index (χ4v) is 3.19. The standard InChI is InChI=1S/C16H22N2O2/c1-12-4-2-3-5-15(12)17-16(19)18-8-6-13(10-18)14-7-9-20-11-14/h2-5,13-14H,6-11H2,1H3,(H,17,19). The summed E-state index contributed by atoms with van der Waals surface area (Å²) in [5.41, 5.74) is 2.01. The number of hydrogen-bond acceptors (Lipinski definition) is 2. The predicted molar refractivity (Wildman–Crippen MR) is 78.8 cm³/mol. The van der Waals surface area contributed by atoms with Crippen molar-refractivity contribution in [1.29, 1.82) is 0 Å². The molecule has 2 saturated heterocycles. The maximum absolute atomic E-state index is 12.3. The Morgan fingerprint density at radius 2 is 2.15 bits per heavy atom. The van der Waals surface area contributed by atoms with Crippen molar-refractivity contribution in [2.24, 2.45) is 11.8 Å². The number of nitrogens with zero attached hydrogens (tertiary/aromatic N) is 1. The minimum atomic E-state index is 0.0284. The predicted octanol–water partition coefficient (Wildman–Crippen LogP) is 2.89. The highest BCUT2D eigenvalue weighted by Gasteiger charge is 2.33. The zero-order valence-electron chi connectivity index (χ0n) is 12.0. The van der Waals surface area contributed by atoms with Crippen LogP contribution in [0.1, 0.15) is 18.4 Å². The van der Waals surface area contributed by atoms with Crippen LogP contribution in [-0.2, 0) is 4.74 Å². The maximum atomic E-state index is 12.3. The lowest BCUT2D eigenvalue weighted by molar-refractivity contribution is 0.171. The molecule has 4 nitrogen and oxygen atoms in total. The monoisotopic (exact) mass is 274 g/mol. The van der Waals surface area contributed by atoms with Gasteiger partial charge in [0.25, 0.3) is 0 Å². The minimum Gasteiger partial charge on any atom is -0.381 e. The van der Waals surface area contributed by atoms with Crippen molar-refractivity contribution in [3.05, 3.63) is 29.8 Å². The van der Waals surface area contributed by atoms with E-state index in [1.165, 1.54) is 0 Å². The number of carbonyl (C=O) groups excluding carboxylic acids is 1. The van der Waals surface area contributed by atoms with Gasteiger partial charge in [0, 0.05) is 32.0 Å². The van der Waals surface area contributed by atoms with Gasteiger partial charge < -0.3 is 15.0 Å². The number of amides is 2. The normalized spacial score (nSPS) is 25.9. The second-order valence-electron chi connectivity index (χ2n) is 5.86. The number of para-hydroxylation sites is 1. The van der Waals surface area contributed by atoms with Gasteiger partial charge in [-0.15, -0.1) is 0 Å². The van der Waals surface area contributed by atoms with Gasteiger partial charge in [-0.2, -0.15) is 0 Å². The summed E-state index contributed by atoms with van der Waals surface area (Å²) >= 11 is 0. The number of hydrogen-bond donors (Lipinski definition) is 1. The number of likely N-dealkylation sites (tertiary alicyclic amines) is 1. The molecule has 1 aromatic carbocycles. The molecule has 0 bridgehead atoms. The quantitative estimate of drug-likeness (QED) is 0.901. The molecule has 0 aliphatic carbocycles. The number of rotatable bonds is 2. The lowest BCUT2D eigenvalue weighted by Gasteiger charge is -2.20. The van der Waals surface area contributed by atoms with Gasteiger partial charge in [0.05, 0.1) is 0 Å². The maximum Gasteiger partial charge on any atom is 0.321 e. The summed E-state index contributed by atoms with van der Waals surface area (Å²) in [6, 6.07) is 7.92. The fourth-order valence-electron chi connectivity index (χ4n) is 3.19. The Hall–Kier alpha value is -1.55. The van der Waals surface area contributed by atoms with Crippen LogP contribution < -0.4 is 5.32 Å². The zero-order chi connectivity index (χ0) is 13.9. The first-order chi connectivity index (χ1) is 9.74. The topological polar surface area (TPSA) is 41.6 Å². The molecule has 4 heteroatoms. The molecule has 1 aromatic rings. The van der Waals surface area contributed by atoms with E-state index in [1.807, 2.05) is 36.1 Å². The SMILES string of the molecule is Cc1ccccc1NC(=O)N1CCC(C2CCOC2)C1. The summed E-state index contributed by atoms with van der Waals surface area (Å²) in [7, 11) is 0. The summed E-state index contributed by atoms with van der Waals surface area (Å²) in [5, 5.41) is 3.02. The third-order valence-corrected chi connectivity index (χ3v) is 4.53. The molecule has 2 amide bonds. The van der Waals surface area contributed by atoms with Crippen LogP contribution in [-0.4, -0.2) is 37.2 Å². The first-order valence-corrected chi connectivity index (χ1v) is 7.43. The van der Waals surface area contributed by atoms with Gasteiger partial charge in [-0.05, 0) is 43.2 Å². The van der Waals surface area contributed by atoms with Gasteiger partial charge in [-0.1, -0.05) is 18.2 Å². The van der Waals surface area contributed by atoms with Gasteiger partial charge in [0.15, 0.2) is 0 Å². The number of anilines is 1. The molecule has 1 N–H and O–H groups in total. The highest BCUT2D eigenvalue weighted by molar-refractivity contribution is 5.90. The first kappa shape index (κ1) is 13.4. The van der Waals surface area contributed by atoms with E-state index >= 15 is 0 Å². The Balaban J connectivity index is 1.57. The van der Waals surface area contributed by atoms with Crippen molar-refractivity contribution in [3.63, 3.8) is 0 Å². The van der Waals surface area contributed by atoms with Crippen LogP contribution in [0.5, 0.6) is 0 Å². The van der Waals surface area contributed by atoms with E-state index in [-0.39, 0.29) is 6.03 Å². The summed E-state index contributed by atoms with van der Waals surface area (Å²) in [6.07, 6.45) is 2.26. The van der Waals surface area contributed by atoms with Crippen LogP contribution in [0.4, 0.5) is 10.5 Å². The van der Waals surface area contributed by atoms with Crippen molar-refractivity contribution in [3.8, 4) is 0 Å². The molecule has 2 fully saturated rings. The molecule has 2 unspecified atom stereocenters. The second kappa shape index (κ2) is 5.83. The minimum absolute atomic E-state index is 0.0284. The van der Waals surface area contributed by atoms with Crippen molar-refractivity contribution in [1.82, 2.24) is 4.90 Å². The number of carbonyl (C=O) groups is 1. The van der Waals surface area contributed by atoms with E-state index in [9.17, 15) is 4.79 Å². The number of benzene rings is 1.